The molecule has 4 heteroatoms. The van der Waals surface area contributed by atoms with Crippen molar-refractivity contribution in [3.8, 4) is 5.75 Å². The molecule has 0 aliphatic rings. The Labute approximate surface area is 165 Å². The molecule has 0 spiro atoms. The Morgan fingerprint density at radius 1 is 0.926 bits per heavy atom. The number of nitrogens with one attached hydrogen (secondary N) is 1. The Morgan fingerprint density at radius 3 is 2.26 bits per heavy atom. The Morgan fingerprint density at radius 2 is 1.59 bits per heavy atom. The van der Waals surface area contributed by atoms with E-state index in [1.165, 1.54) is 22.5 Å². The van der Waals surface area contributed by atoms with Crippen LogP contribution in [0.25, 0.3) is 0 Å². The molecule has 0 unspecified atom stereocenters. The summed E-state index contributed by atoms with van der Waals surface area (Å²) in [6.45, 7) is 10.7. The lowest BCUT2D eigenvalue weighted by Gasteiger charge is -2.12. The molecular weight excluding hydrogens is 354 g/mol. The number of carbonyl (C=O) groups excluding carboxylic acids is 1. The van der Waals surface area contributed by atoms with Crippen LogP contribution in [0, 0.1) is 34.6 Å². The Bertz CT molecular complexity index is 965. The molecule has 2 aromatic carbocycles. The maximum atomic E-state index is 12.5. The molecule has 1 N–H and O–H groups in total. The van der Waals surface area contributed by atoms with Gasteiger partial charge in [-0.25, -0.2) is 0 Å². The molecule has 3 aromatic rings. The molecule has 0 atom stereocenters. The lowest BCUT2D eigenvalue weighted by molar-refractivity contribution is 0.103. The van der Waals surface area contributed by atoms with Crippen molar-refractivity contribution in [1.82, 2.24) is 0 Å². The van der Waals surface area contributed by atoms with Crippen molar-refractivity contribution in [1.29, 1.82) is 0 Å². The third-order valence-corrected chi connectivity index (χ3v) is 5.47. The lowest BCUT2D eigenvalue weighted by atomic mass is 10.1. The summed E-state index contributed by atoms with van der Waals surface area (Å²) in [5, 5.41) is 4.98. The van der Waals surface area contributed by atoms with Crippen molar-refractivity contribution in [2.24, 2.45) is 0 Å². The molecule has 1 heterocycles. The molecular formula is C23H25NO2S. The van der Waals surface area contributed by atoms with E-state index < -0.39 is 0 Å². The summed E-state index contributed by atoms with van der Waals surface area (Å²) in [6, 6.07) is 12.2. The summed E-state index contributed by atoms with van der Waals surface area (Å²) in [4.78, 5) is 13.2. The molecule has 0 aliphatic heterocycles. The molecule has 0 radical (unpaired) electrons. The number of amides is 1. The van der Waals surface area contributed by atoms with E-state index in [0.717, 1.165) is 33.7 Å². The van der Waals surface area contributed by atoms with E-state index in [-0.39, 0.29) is 5.91 Å². The normalized spacial score (nSPS) is 10.7. The zero-order chi connectivity index (χ0) is 19.6. The average molecular weight is 380 g/mol. The predicted molar refractivity (Wildman–Crippen MR) is 113 cm³/mol. The minimum absolute atomic E-state index is 0.0825. The van der Waals surface area contributed by atoms with Crippen LogP contribution in [-0.4, -0.2) is 5.91 Å². The molecule has 0 aliphatic carbocycles. The van der Waals surface area contributed by atoms with Gasteiger partial charge in [-0.05, 0) is 68.8 Å². The number of ether oxygens (including phenoxy) is 1. The number of rotatable bonds is 5. The number of thiophene rings is 1. The van der Waals surface area contributed by atoms with Crippen molar-refractivity contribution in [3.63, 3.8) is 0 Å². The quantitative estimate of drug-likeness (QED) is 0.580. The number of hydrogen-bond acceptors (Lipinski definition) is 3. The van der Waals surface area contributed by atoms with Gasteiger partial charge >= 0.3 is 0 Å². The van der Waals surface area contributed by atoms with Gasteiger partial charge in [-0.1, -0.05) is 35.4 Å². The first kappa shape index (κ1) is 19.2. The number of benzene rings is 2. The summed E-state index contributed by atoms with van der Waals surface area (Å²) in [5.74, 6) is 0.842. The maximum Gasteiger partial charge on any atom is 0.265 e. The molecule has 1 amide bonds. The van der Waals surface area contributed by atoms with Crippen LogP contribution in [0.1, 0.15) is 43.1 Å². The van der Waals surface area contributed by atoms with Crippen molar-refractivity contribution in [2.75, 3.05) is 5.32 Å². The average Bonchev–Trinajstić information content (AvgIpc) is 3.05. The molecule has 27 heavy (non-hydrogen) atoms. The van der Waals surface area contributed by atoms with Gasteiger partial charge in [0.1, 0.15) is 12.4 Å². The highest BCUT2D eigenvalue weighted by molar-refractivity contribution is 7.12. The zero-order valence-corrected chi connectivity index (χ0v) is 17.3. The SMILES string of the molecule is Cc1ccc(NC(=O)c2cc(COc3c(C)cc(C)cc3C)cs2)c(C)c1. The van der Waals surface area contributed by atoms with E-state index in [2.05, 4.69) is 44.3 Å². The van der Waals surface area contributed by atoms with E-state index >= 15 is 0 Å². The fourth-order valence-electron chi connectivity index (χ4n) is 3.26. The molecule has 0 fully saturated rings. The van der Waals surface area contributed by atoms with Crippen molar-refractivity contribution >= 4 is 22.9 Å². The largest absolute Gasteiger partial charge is 0.488 e. The van der Waals surface area contributed by atoms with Gasteiger partial charge in [0.05, 0.1) is 4.88 Å². The minimum Gasteiger partial charge on any atom is -0.488 e. The van der Waals surface area contributed by atoms with Gasteiger partial charge in [0.2, 0.25) is 0 Å². The summed E-state index contributed by atoms with van der Waals surface area (Å²) >= 11 is 1.44. The number of carbonyl (C=O) groups is 1. The van der Waals surface area contributed by atoms with Crippen molar-refractivity contribution < 1.29 is 9.53 Å². The van der Waals surface area contributed by atoms with Crippen LogP contribution in [-0.2, 0) is 6.61 Å². The van der Waals surface area contributed by atoms with Crippen LogP contribution in [0.4, 0.5) is 5.69 Å². The first-order chi connectivity index (χ1) is 12.8. The zero-order valence-electron chi connectivity index (χ0n) is 16.5. The Kier molecular flexibility index (Phi) is 5.66. The maximum absolute atomic E-state index is 12.5. The smallest absolute Gasteiger partial charge is 0.265 e. The molecule has 140 valence electrons. The van der Waals surface area contributed by atoms with Crippen molar-refractivity contribution in [3.05, 3.63) is 80.0 Å². The van der Waals surface area contributed by atoms with Crippen LogP contribution in [0.15, 0.2) is 41.8 Å². The van der Waals surface area contributed by atoms with Crippen molar-refractivity contribution in [2.45, 2.75) is 41.2 Å². The first-order valence-electron chi connectivity index (χ1n) is 9.00. The second kappa shape index (κ2) is 7.97. The van der Waals surface area contributed by atoms with Gasteiger partial charge in [0.15, 0.2) is 0 Å². The number of anilines is 1. The summed E-state index contributed by atoms with van der Waals surface area (Å²) in [6.07, 6.45) is 0. The van der Waals surface area contributed by atoms with Gasteiger partial charge in [-0.3, -0.25) is 4.79 Å². The number of aryl methyl sites for hydroxylation is 5. The van der Waals surface area contributed by atoms with Gasteiger partial charge in [-0.15, -0.1) is 11.3 Å². The fraction of sp³-hybridized carbons (Fsp3) is 0.261. The van der Waals surface area contributed by atoms with Crippen LogP contribution in [0.3, 0.4) is 0 Å². The standard InChI is InChI=1S/C23H25NO2S/c1-14-6-7-20(16(3)8-14)24-23(25)21-11-19(13-27-21)12-26-22-17(4)9-15(2)10-18(22)5/h6-11,13H,12H2,1-5H3,(H,24,25). The Balaban J connectivity index is 1.67. The van der Waals surface area contributed by atoms with Crippen LogP contribution < -0.4 is 10.1 Å². The molecule has 3 rings (SSSR count). The monoisotopic (exact) mass is 379 g/mol. The molecule has 3 nitrogen and oxygen atoms in total. The topological polar surface area (TPSA) is 38.3 Å². The molecule has 0 bridgehead atoms. The van der Waals surface area contributed by atoms with Gasteiger partial charge in [-0.2, -0.15) is 0 Å². The summed E-state index contributed by atoms with van der Waals surface area (Å²) < 4.78 is 6.03. The highest BCUT2D eigenvalue weighted by Crippen LogP contribution is 2.26. The number of hydrogen-bond donors (Lipinski definition) is 1. The second-order valence-electron chi connectivity index (χ2n) is 7.11. The van der Waals surface area contributed by atoms with E-state index in [1.54, 1.807) is 0 Å². The van der Waals surface area contributed by atoms with E-state index in [9.17, 15) is 4.79 Å². The van der Waals surface area contributed by atoms with E-state index in [4.69, 9.17) is 4.74 Å². The lowest BCUT2D eigenvalue weighted by Crippen LogP contribution is -2.11. The van der Waals surface area contributed by atoms with Gasteiger partial charge < -0.3 is 10.1 Å². The van der Waals surface area contributed by atoms with Crippen LogP contribution >= 0.6 is 11.3 Å². The van der Waals surface area contributed by atoms with Crippen LogP contribution in [0.5, 0.6) is 5.75 Å². The third kappa shape index (κ3) is 4.58. The fourth-order valence-corrected chi connectivity index (χ4v) is 4.05. The molecule has 1 aromatic heterocycles. The Hall–Kier alpha value is -2.59. The van der Waals surface area contributed by atoms with Gasteiger partial charge in [0, 0.05) is 11.3 Å². The minimum atomic E-state index is -0.0825. The van der Waals surface area contributed by atoms with E-state index in [1.807, 2.05) is 37.4 Å². The predicted octanol–water partition coefficient (Wildman–Crippen LogP) is 6.12. The highest BCUT2D eigenvalue weighted by Gasteiger charge is 2.12. The molecule has 0 saturated carbocycles. The highest BCUT2D eigenvalue weighted by atomic mass is 32.1. The third-order valence-electron chi connectivity index (χ3n) is 4.50. The second-order valence-corrected chi connectivity index (χ2v) is 8.02. The summed E-state index contributed by atoms with van der Waals surface area (Å²) in [5.41, 5.74) is 7.61. The molecule has 0 saturated heterocycles. The first-order valence-corrected chi connectivity index (χ1v) is 9.88. The van der Waals surface area contributed by atoms with E-state index in [0.29, 0.717) is 11.5 Å². The van der Waals surface area contributed by atoms with Crippen LogP contribution in [0.2, 0.25) is 0 Å². The van der Waals surface area contributed by atoms with Gasteiger partial charge in [0.25, 0.3) is 5.91 Å². The summed E-state index contributed by atoms with van der Waals surface area (Å²) in [7, 11) is 0.